The fraction of sp³-hybridized carbons (Fsp3) is 0.588. The Hall–Kier alpha value is -1.56. The van der Waals surface area contributed by atoms with Crippen LogP contribution in [0, 0.1) is 0 Å². The van der Waals surface area contributed by atoms with Gasteiger partial charge in [0.1, 0.15) is 0 Å². The van der Waals surface area contributed by atoms with Gasteiger partial charge in [-0.2, -0.15) is 13.2 Å². The molecule has 1 aromatic rings. The Kier molecular flexibility index (Phi) is 4.12. The molecule has 126 valence electrons. The summed E-state index contributed by atoms with van der Waals surface area (Å²) in [5.74, 6) is -0.168. The van der Waals surface area contributed by atoms with E-state index in [2.05, 4.69) is 11.9 Å². The second-order valence-corrected chi connectivity index (χ2v) is 6.65. The van der Waals surface area contributed by atoms with Crippen LogP contribution in [-0.2, 0) is 6.18 Å². The third-order valence-electron chi connectivity index (χ3n) is 5.25. The highest BCUT2D eigenvalue weighted by Crippen LogP contribution is 2.36. The average Bonchev–Trinajstić information content (AvgIpc) is 2.86. The van der Waals surface area contributed by atoms with Gasteiger partial charge in [-0.05, 0) is 63.5 Å². The summed E-state index contributed by atoms with van der Waals surface area (Å²) in [5.41, 5.74) is -0.338. The molecule has 0 N–H and O–H groups in total. The first-order valence-corrected chi connectivity index (χ1v) is 8.00. The number of nitrogens with zero attached hydrogens (tertiary/aromatic N) is 2. The van der Waals surface area contributed by atoms with Crippen LogP contribution in [0.4, 0.5) is 13.2 Å². The summed E-state index contributed by atoms with van der Waals surface area (Å²) in [4.78, 5) is 16.8. The molecule has 3 rings (SSSR count). The Morgan fingerprint density at radius 1 is 1.09 bits per heavy atom. The summed E-state index contributed by atoms with van der Waals surface area (Å²) in [6.07, 6.45) is -0.126. The van der Waals surface area contributed by atoms with Crippen LogP contribution in [0.15, 0.2) is 24.3 Å². The van der Waals surface area contributed by atoms with Crippen molar-refractivity contribution < 1.29 is 18.0 Å². The first kappa shape index (κ1) is 16.3. The van der Waals surface area contributed by atoms with E-state index in [9.17, 15) is 18.0 Å². The summed E-state index contributed by atoms with van der Waals surface area (Å²) < 4.78 is 37.9. The van der Waals surface area contributed by atoms with E-state index in [0.717, 1.165) is 44.4 Å². The van der Waals surface area contributed by atoms with Crippen molar-refractivity contribution in [2.24, 2.45) is 0 Å². The molecule has 23 heavy (non-hydrogen) atoms. The van der Waals surface area contributed by atoms with E-state index in [-0.39, 0.29) is 11.4 Å². The van der Waals surface area contributed by atoms with Gasteiger partial charge in [-0.3, -0.25) is 9.69 Å². The average molecular weight is 326 g/mol. The Morgan fingerprint density at radius 3 is 2.26 bits per heavy atom. The standard InChI is InChI=1S/C17H21F3N2O/c1-21-10-2-8-16(21)9-3-11-22(12-16)15(23)13-4-6-14(7-5-13)17(18,19)20/h4-7H,2-3,8-12H2,1H3/t16-/m0/s1. The molecule has 0 radical (unpaired) electrons. The number of hydrogen-bond acceptors (Lipinski definition) is 2. The molecule has 6 heteroatoms. The van der Waals surface area contributed by atoms with Crippen LogP contribution in [0.25, 0.3) is 0 Å². The minimum absolute atomic E-state index is 0.0554. The van der Waals surface area contributed by atoms with Gasteiger partial charge in [0.2, 0.25) is 0 Å². The number of halogens is 3. The molecule has 3 nitrogen and oxygen atoms in total. The lowest BCUT2D eigenvalue weighted by Crippen LogP contribution is -2.55. The molecular formula is C17H21F3N2O. The number of alkyl halides is 3. The topological polar surface area (TPSA) is 23.6 Å². The van der Waals surface area contributed by atoms with Crippen molar-refractivity contribution in [2.45, 2.75) is 37.4 Å². The van der Waals surface area contributed by atoms with Crippen LogP contribution in [0.5, 0.6) is 0 Å². The van der Waals surface area contributed by atoms with Crippen molar-refractivity contribution in [3.05, 3.63) is 35.4 Å². The highest BCUT2D eigenvalue weighted by atomic mass is 19.4. The van der Waals surface area contributed by atoms with Gasteiger partial charge in [-0.1, -0.05) is 0 Å². The van der Waals surface area contributed by atoms with Crippen molar-refractivity contribution in [3.8, 4) is 0 Å². The molecular weight excluding hydrogens is 305 g/mol. The molecule has 1 aromatic carbocycles. The molecule has 0 aliphatic carbocycles. The lowest BCUT2D eigenvalue weighted by molar-refractivity contribution is -0.137. The van der Waals surface area contributed by atoms with Crippen molar-refractivity contribution >= 4 is 5.91 Å². The second-order valence-electron chi connectivity index (χ2n) is 6.65. The number of amides is 1. The van der Waals surface area contributed by atoms with E-state index < -0.39 is 11.7 Å². The molecule has 0 saturated carbocycles. The van der Waals surface area contributed by atoms with Gasteiger partial charge in [0, 0.05) is 24.2 Å². The number of piperidine rings is 1. The first-order valence-electron chi connectivity index (χ1n) is 8.00. The normalized spacial score (nSPS) is 26.0. The van der Waals surface area contributed by atoms with E-state index in [0.29, 0.717) is 18.7 Å². The Labute approximate surface area is 134 Å². The number of carbonyl (C=O) groups is 1. The van der Waals surface area contributed by atoms with Crippen molar-refractivity contribution in [1.29, 1.82) is 0 Å². The molecule has 1 spiro atoms. The molecule has 0 aromatic heterocycles. The molecule has 1 amide bonds. The smallest absolute Gasteiger partial charge is 0.337 e. The summed E-state index contributed by atoms with van der Waals surface area (Å²) in [6.45, 7) is 2.39. The van der Waals surface area contributed by atoms with Crippen LogP contribution < -0.4 is 0 Å². The van der Waals surface area contributed by atoms with Crippen LogP contribution in [-0.4, -0.2) is 47.9 Å². The molecule has 0 unspecified atom stereocenters. The summed E-state index contributed by atoms with van der Waals surface area (Å²) in [6, 6.07) is 4.53. The van der Waals surface area contributed by atoms with Gasteiger partial charge in [-0.25, -0.2) is 0 Å². The molecule has 2 aliphatic heterocycles. The minimum Gasteiger partial charge on any atom is -0.337 e. The summed E-state index contributed by atoms with van der Waals surface area (Å²) in [7, 11) is 2.10. The number of hydrogen-bond donors (Lipinski definition) is 0. The summed E-state index contributed by atoms with van der Waals surface area (Å²) in [5, 5.41) is 0. The fourth-order valence-corrected chi connectivity index (χ4v) is 3.86. The number of likely N-dealkylation sites (tertiary alicyclic amines) is 2. The fourth-order valence-electron chi connectivity index (χ4n) is 3.86. The highest BCUT2D eigenvalue weighted by Gasteiger charge is 2.43. The monoisotopic (exact) mass is 326 g/mol. The minimum atomic E-state index is -4.37. The maximum Gasteiger partial charge on any atom is 0.416 e. The third kappa shape index (κ3) is 3.09. The zero-order chi connectivity index (χ0) is 16.7. The predicted octanol–water partition coefficient (Wildman–Crippen LogP) is 3.41. The quantitative estimate of drug-likeness (QED) is 0.790. The summed E-state index contributed by atoms with van der Waals surface area (Å²) >= 11 is 0. The van der Waals surface area contributed by atoms with Gasteiger partial charge in [0.15, 0.2) is 0 Å². The molecule has 2 saturated heterocycles. The van der Waals surface area contributed by atoms with E-state index in [4.69, 9.17) is 0 Å². The van der Waals surface area contributed by atoms with Gasteiger partial charge in [0.05, 0.1) is 5.56 Å². The lowest BCUT2D eigenvalue weighted by atomic mass is 9.86. The van der Waals surface area contributed by atoms with E-state index in [1.165, 1.54) is 12.1 Å². The zero-order valence-electron chi connectivity index (χ0n) is 13.2. The predicted molar refractivity (Wildman–Crippen MR) is 81.2 cm³/mol. The van der Waals surface area contributed by atoms with Crippen molar-refractivity contribution in [1.82, 2.24) is 9.80 Å². The maximum atomic E-state index is 12.6. The maximum absolute atomic E-state index is 12.6. The number of carbonyl (C=O) groups excluding carboxylic acids is 1. The molecule has 1 atom stereocenters. The Morgan fingerprint density at radius 2 is 1.70 bits per heavy atom. The van der Waals surface area contributed by atoms with Crippen LogP contribution in [0.1, 0.15) is 41.6 Å². The van der Waals surface area contributed by atoms with E-state index >= 15 is 0 Å². The third-order valence-corrected chi connectivity index (χ3v) is 5.25. The molecule has 2 fully saturated rings. The van der Waals surface area contributed by atoms with Crippen LogP contribution >= 0.6 is 0 Å². The Bertz CT molecular complexity index is 584. The molecule has 2 aliphatic rings. The highest BCUT2D eigenvalue weighted by molar-refractivity contribution is 5.94. The number of rotatable bonds is 1. The Balaban J connectivity index is 1.75. The zero-order valence-corrected chi connectivity index (χ0v) is 13.2. The second kappa shape index (κ2) is 5.82. The largest absolute Gasteiger partial charge is 0.416 e. The van der Waals surface area contributed by atoms with Crippen LogP contribution in [0.2, 0.25) is 0 Å². The number of likely N-dealkylation sites (N-methyl/N-ethyl adjacent to an activating group) is 1. The van der Waals surface area contributed by atoms with Gasteiger partial charge >= 0.3 is 6.18 Å². The van der Waals surface area contributed by atoms with Gasteiger partial charge < -0.3 is 4.90 Å². The van der Waals surface area contributed by atoms with E-state index in [1.54, 1.807) is 4.90 Å². The van der Waals surface area contributed by atoms with Crippen LogP contribution in [0.3, 0.4) is 0 Å². The first-order chi connectivity index (χ1) is 10.8. The molecule has 2 heterocycles. The van der Waals surface area contributed by atoms with Gasteiger partial charge in [-0.15, -0.1) is 0 Å². The van der Waals surface area contributed by atoms with Crippen molar-refractivity contribution in [2.75, 3.05) is 26.7 Å². The van der Waals surface area contributed by atoms with E-state index in [1.807, 2.05) is 0 Å². The van der Waals surface area contributed by atoms with Gasteiger partial charge in [0.25, 0.3) is 5.91 Å². The van der Waals surface area contributed by atoms with Crippen molar-refractivity contribution in [3.63, 3.8) is 0 Å². The SMILES string of the molecule is CN1CCC[C@@]12CCCN(C(=O)c1ccc(C(F)(F)F)cc1)C2. The number of benzene rings is 1. The molecule has 0 bridgehead atoms. The lowest BCUT2D eigenvalue weighted by Gasteiger charge is -2.44.